The van der Waals surface area contributed by atoms with E-state index in [-0.39, 0.29) is 4.90 Å². The number of hydrogen-bond donors (Lipinski definition) is 2. The number of nitrogens with one attached hydrogen (secondary N) is 2. The monoisotopic (exact) mass is 352 g/mol. The first-order chi connectivity index (χ1) is 10.8. The molecule has 0 unspecified atom stereocenters. The zero-order valence-electron chi connectivity index (χ0n) is 12.7. The molecule has 2 N–H and O–H groups in total. The molecule has 0 aliphatic carbocycles. The Balaban J connectivity index is 2.05. The molecule has 0 heterocycles. The van der Waals surface area contributed by atoms with Gasteiger partial charge in [-0.3, -0.25) is 4.79 Å². The number of carbonyl (C=O) groups excluding carboxylic acids is 1. The molecule has 5 nitrogen and oxygen atoms in total. The Bertz CT molecular complexity index is 787. The van der Waals surface area contributed by atoms with Crippen LogP contribution in [0.15, 0.2) is 53.4 Å². The van der Waals surface area contributed by atoms with E-state index in [1.165, 1.54) is 31.2 Å². The summed E-state index contributed by atoms with van der Waals surface area (Å²) >= 11 is 5.74. The van der Waals surface area contributed by atoms with Crippen molar-refractivity contribution in [3.63, 3.8) is 0 Å². The molecular formula is C16H17ClN2O3S. The standard InChI is InChI=1S/C16H17ClN2O3S/c1-11-3-7-14(8-4-11)18-16(20)12(2)19-23(21,22)15-9-5-13(17)6-10-15/h3-10,12,19H,1-2H3,(H,18,20)/t12-/m1/s1. The Morgan fingerprint density at radius 3 is 2.17 bits per heavy atom. The molecule has 0 radical (unpaired) electrons. The molecule has 0 aromatic heterocycles. The van der Waals surface area contributed by atoms with E-state index in [9.17, 15) is 13.2 Å². The van der Waals surface area contributed by atoms with Crippen LogP contribution in [-0.4, -0.2) is 20.4 Å². The fraction of sp³-hybridized carbons (Fsp3) is 0.188. The van der Waals surface area contributed by atoms with Crippen molar-refractivity contribution in [2.45, 2.75) is 24.8 Å². The quantitative estimate of drug-likeness (QED) is 0.868. The van der Waals surface area contributed by atoms with E-state index in [1.807, 2.05) is 19.1 Å². The summed E-state index contributed by atoms with van der Waals surface area (Å²) in [5.41, 5.74) is 1.68. The summed E-state index contributed by atoms with van der Waals surface area (Å²) in [7, 11) is -3.79. The van der Waals surface area contributed by atoms with Crippen molar-refractivity contribution in [2.24, 2.45) is 0 Å². The number of carbonyl (C=O) groups is 1. The fourth-order valence-corrected chi connectivity index (χ4v) is 3.18. The SMILES string of the molecule is Cc1ccc(NC(=O)[C@@H](C)NS(=O)(=O)c2ccc(Cl)cc2)cc1. The number of anilines is 1. The maximum Gasteiger partial charge on any atom is 0.242 e. The summed E-state index contributed by atoms with van der Waals surface area (Å²) in [4.78, 5) is 12.2. The van der Waals surface area contributed by atoms with Crippen molar-refractivity contribution in [2.75, 3.05) is 5.32 Å². The van der Waals surface area contributed by atoms with Crippen LogP contribution in [0, 0.1) is 6.92 Å². The summed E-state index contributed by atoms with van der Waals surface area (Å²) < 4.78 is 26.8. The van der Waals surface area contributed by atoms with Crippen LogP contribution < -0.4 is 10.0 Å². The number of hydrogen-bond acceptors (Lipinski definition) is 3. The van der Waals surface area contributed by atoms with Gasteiger partial charge in [0.25, 0.3) is 0 Å². The molecule has 0 aliphatic rings. The van der Waals surface area contributed by atoms with Gasteiger partial charge in [-0.25, -0.2) is 8.42 Å². The molecule has 0 saturated carbocycles. The zero-order chi connectivity index (χ0) is 17.0. The molecule has 23 heavy (non-hydrogen) atoms. The molecule has 0 aliphatic heterocycles. The summed E-state index contributed by atoms with van der Waals surface area (Å²) in [6, 6.07) is 12.0. The van der Waals surface area contributed by atoms with Crippen LogP contribution >= 0.6 is 11.6 Å². The van der Waals surface area contributed by atoms with E-state index in [2.05, 4.69) is 10.0 Å². The summed E-state index contributed by atoms with van der Waals surface area (Å²) in [6.07, 6.45) is 0. The molecule has 122 valence electrons. The van der Waals surface area contributed by atoms with Crippen molar-refractivity contribution in [1.29, 1.82) is 0 Å². The summed E-state index contributed by atoms with van der Waals surface area (Å²) in [6.45, 7) is 3.42. The normalized spacial score (nSPS) is 12.7. The minimum Gasteiger partial charge on any atom is -0.325 e. The van der Waals surface area contributed by atoms with Gasteiger partial charge in [0.05, 0.1) is 10.9 Å². The minimum atomic E-state index is -3.79. The molecule has 1 atom stereocenters. The maximum absolute atomic E-state index is 12.2. The number of sulfonamides is 1. The number of aryl methyl sites for hydroxylation is 1. The van der Waals surface area contributed by atoms with Gasteiger partial charge >= 0.3 is 0 Å². The average Bonchev–Trinajstić information content (AvgIpc) is 2.49. The van der Waals surface area contributed by atoms with Gasteiger partial charge in [0, 0.05) is 10.7 Å². The van der Waals surface area contributed by atoms with Gasteiger partial charge < -0.3 is 5.32 Å². The molecule has 2 aromatic carbocycles. The predicted octanol–water partition coefficient (Wildman–Crippen LogP) is 2.95. The Morgan fingerprint density at radius 1 is 1.04 bits per heavy atom. The first-order valence-corrected chi connectivity index (χ1v) is 8.79. The highest BCUT2D eigenvalue weighted by atomic mass is 35.5. The minimum absolute atomic E-state index is 0.0527. The number of halogens is 1. The topological polar surface area (TPSA) is 75.3 Å². The van der Waals surface area contributed by atoms with E-state index in [1.54, 1.807) is 12.1 Å². The van der Waals surface area contributed by atoms with Crippen molar-refractivity contribution in [3.05, 3.63) is 59.1 Å². The highest BCUT2D eigenvalue weighted by Crippen LogP contribution is 2.15. The lowest BCUT2D eigenvalue weighted by molar-refractivity contribution is -0.117. The van der Waals surface area contributed by atoms with Crippen LogP contribution in [0.5, 0.6) is 0 Å². The highest BCUT2D eigenvalue weighted by molar-refractivity contribution is 7.89. The van der Waals surface area contributed by atoms with Gasteiger partial charge in [-0.05, 0) is 50.2 Å². The van der Waals surface area contributed by atoms with Crippen LogP contribution in [-0.2, 0) is 14.8 Å². The molecule has 0 fully saturated rings. The van der Waals surface area contributed by atoms with Crippen LogP contribution in [0.25, 0.3) is 0 Å². The number of amides is 1. The third-order valence-corrected chi connectivity index (χ3v) is 4.98. The molecule has 2 rings (SSSR count). The average molecular weight is 353 g/mol. The Labute approximate surface area is 140 Å². The largest absolute Gasteiger partial charge is 0.325 e. The smallest absolute Gasteiger partial charge is 0.242 e. The van der Waals surface area contributed by atoms with Gasteiger partial charge in [-0.2, -0.15) is 4.72 Å². The van der Waals surface area contributed by atoms with Gasteiger partial charge in [0.1, 0.15) is 0 Å². The lowest BCUT2D eigenvalue weighted by atomic mass is 10.2. The molecule has 0 bridgehead atoms. The van der Waals surface area contributed by atoms with Crippen molar-refractivity contribution >= 4 is 33.2 Å². The molecule has 7 heteroatoms. The first-order valence-electron chi connectivity index (χ1n) is 6.93. The second-order valence-corrected chi connectivity index (χ2v) is 7.30. The number of rotatable bonds is 5. The second-order valence-electron chi connectivity index (χ2n) is 5.15. The van der Waals surface area contributed by atoms with E-state index in [4.69, 9.17) is 11.6 Å². The Kier molecular flexibility index (Phi) is 5.41. The van der Waals surface area contributed by atoms with E-state index < -0.39 is 22.0 Å². The third kappa shape index (κ3) is 4.79. The van der Waals surface area contributed by atoms with Crippen LogP contribution in [0.3, 0.4) is 0 Å². The fourth-order valence-electron chi connectivity index (χ4n) is 1.86. The van der Waals surface area contributed by atoms with Gasteiger partial charge in [-0.1, -0.05) is 29.3 Å². The van der Waals surface area contributed by atoms with Gasteiger partial charge in [0.15, 0.2) is 0 Å². The van der Waals surface area contributed by atoms with Crippen molar-refractivity contribution in [3.8, 4) is 0 Å². The molecule has 0 spiro atoms. The molecule has 0 saturated heterocycles. The van der Waals surface area contributed by atoms with Crippen molar-refractivity contribution < 1.29 is 13.2 Å². The van der Waals surface area contributed by atoms with Crippen LogP contribution in [0.2, 0.25) is 5.02 Å². The number of benzene rings is 2. The van der Waals surface area contributed by atoms with Crippen LogP contribution in [0.1, 0.15) is 12.5 Å². The van der Waals surface area contributed by atoms with E-state index >= 15 is 0 Å². The summed E-state index contributed by atoms with van der Waals surface area (Å²) in [5.74, 6) is -0.439. The highest BCUT2D eigenvalue weighted by Gasteiger charge is 2.22. The van der Waals surface area contributed by atoms with Crippen LogP contribution in [0.4, 0.5) is 5.69 Å². The van der Waals surface area contributed by atoms with Gasteiger partial charge in [0.2, 0.25) is 15.9 Å². The third-order valence-electron chi connectivity index (χ3n) is 3.17. The lowest BCUT2D eigenvalue weighted by Gasteiger charge is -2.14. The molecular weight excluding hydrogens is 336 g/mol. The first kappa shape index (κ1) is 17.5. The zero-order valence-corrected chi connectivity index (χ0v) is 14.3. The molecule has 2 aromatic rings. The van der Waals surface area contributed by atoms with E-state index in [0.29, 0.717) is 10.7 Å². The van der Waals surface area contributed by atoms with Crippen molar-refractivity contribution in [1.82, 2.24) is 4.72 Å². The maximum atomic E-state index is 12.2. The van der Waals surface area contributed by atoms with Gasteiger partial charge in [-0.15, -0.1) is 0 Å². The predicted molar refractivity (Wildman–Crippen MR) is 91.0 cm³/mol. The van der Waals surface area contributed by atoms with E-state index in [0.717, 1.165) is 5.56 Å². The Hall–Kier alpha value is -1.89. The lowest BCUT2D eigenvalue weighted by Crippen LogP contribution is -2.41. The Morgan fingerprint density at radius 2 is 1.61 bits per heavy atom. The second kappa shape index (κ2) is 7.12. The molecule has 1 amide bonds. The summed E-state index contributed by atoms with van der Waals surface area (Å²) in [5, 5.41) is 3.10.